The lowest BCUT2D eigenvalue weighted by molar-refractivity contribution is -0.123. The second-order valence-electron chi connectivity index (χ2n) is 7.77. The van der Waals surface area contributed by atoms with Gasteiger partial charge in [0.25, 0.3) is 17.1 Å². The Morgan fingerprint density at radius 1 is 1.06 bits per heavy atom. The molecule has 0 unspecified atom stereocenters. The van der Waals surface area contributed by atoms with Crippen LogP contribution in [-0.2, 0) is 16.1 Å². The quantitative estimate of drug-likeness (QED) is 0.353. The zero-order valence-electron chi connectivity index (χ0n) is 18.6. The fourth-order valence-corrected chi connectivity index (χ4v) is 4.42. The van der Waals surface area contributed by atoms with Crippen molar-refractivity contribution in [3.8, 4) is 5.75 Å². The molecule has 0 saturated carbocycles. The zero-order chi connectivity index (χ0) is 24.9. The Hall–Kier alpha value is -3.26. The molecule has 0 aliphatic carbocycles. The zero-order valence-corrected chi connectivity index (χ0v) is 20.9. The van der Waals surface area contributed by atoms with Gasteiger partial charge in [0.1, 0.15) is 5.75 Å². The van der Waals surface area contributed by atoms with E-state index >= 15 is 0 Å². The molecule has 4 rings (SSSR count). The van der Waals surface area contributed by atoms with Gasteiger partial charge in [-0.25, -0.2) is 0 Å². The molecule has 35 heavy (non-hydrogen) atoms. The summed E-state index contributed by atoms with van der Waals surface area (Å²) in [5.41, 5.74) is 2.97. The van der Waals surface area contributed by atoms with E-state index < -0.39 is 0 Å². The molecule has 1 heterocycles. The fraction of sp³-hybridized carbons (Fsp3) is 0.115. The van der Waals surface area contributed by atoms with Crippen LogP contribution >= 0.6 is 35.0 Å². The molecule has 3 aromatic rings. The predicted octanol–water partition coefficient (Wildman–Crippen LogP) is 6.56. The lowest BCUT2D eigenvalue weighted by Gasteiger charge is -2.12. The predicted molar refractivity (Wildman–Crippen MR) is 140 cm³/mol. The molecule has 3 amide bonds. The number of anilines is 1. The number of aryl methyl sites for hydroxylation is 1. The number of carbonyl (C=O) groups is 3. The normalized spacial score (nSPS) is 14.5. The number of carbonyl (C=O) groups excluding carboxylic acids is 3. The van der Waals surface area contributed by atoms with Gasteiger partial charge in [0.05, 0.1) is 11.4 Å². The summed E-state index contributed by atoms with van der Waals surface area (Å²) in [4.78, 5) is 39.0. The third-order valence-corrected chi connectivity index (χ3v) is 6.68. The summed E-state index contributed by atoms with van der Waals surface area (Å²) in [6.07, 6.45) is 1.63. The number of imide groups is 1. The van der Waals surface area contributed by atoms with Crippen LogP contribution in [0.3, 0.4) is 0 Å². The summed E-state index contributed by atoms with van der Waals surface area (Å²) < 4.78 is 5.60. The van der Waals surface area contributed by atoms with Crippen molar-refractivity contribution in [1.29, 1.82) is 0 Å². The lowest BCUT2D eigenvalue weighted by Crippen LogP contribution is -2.27. The van der Waals surface area contributed by atoms with Gasteiger partial charge in [0, 0.05) is 15.7 Å². The van der Waals surface area contributed by atoms with E-state index in [4.69, 9.17) is 27.9 Å². The molecule has 0 aromatic heterocycles. The Kier molecular flexibility index (Phi) is 7.80. The van der Waals surface area contributed by atoms with Gasteiger partial charge in [-0.15, -0.1) is 0 Å². The van der Waals surface area contributed by atoms with Crippen LogP contribution in [0.2, 0.25) is 10.0 Å². The Balaban J connectivity index is 1.38. The highest BCUT2D eigenvalue weighted by Gasteiger charge is 2.34. The highest BCUT2D eigenvalue weighted by Crippen LogP contribution is 2.33. The van der Waals surface area contributed by atoms with Crippen LogP contribution in [0.5, 0.6) is 5.75 Å². The molecule has 1 aliphatic heterocycles. The molecule has 178 valence electrons. The molecule has 1 aliphatic rings. The van der Waals surface area contributed by atoms with Crippen molar-refractivity contribution in [1.82, 2.24) is 4.90 Å². The molecule has 0 bridgehead atoms. The van der Waals surface area contributed by atoms with E-state index in [2.05, 4.69) is 5.32 Å². The summed E-state index contributed by atoms with van der Waals surface area (Å²) in [6, 6.07) is 19.2. The summed E-state index contributed by atoms with van der Waals surface area (Å²) in [6.45, 7) is 1.85. The molecule has 9 heteroatoms. The van der Waals surface area contributed by atoms with Gasteiger partial charge in [-0.05, 0) is 77.9 Å². The molecule has 0 atom stereocenters. The average molecular weight is 527 g/mol. The average Bonchev–Trinajstić information content (AvgIpc) is 3.09. The minimum Gasteiger partial charge on any atom is -0.484 e. The summed E-state index contributed by atoms with van der Waals surface area (Å²) in [7, 11) is 0. The molecule has 6 nitrogen and oxygen atoms in total. The highest BCUT2D eigenvalue weighted by molar-refractivity contribution is 8.18. The van der Waals surface area contributed by atoms with Crippen molar-refractivity contribution in [3.63, 3.8) is 0 Å². The van der Waals surface area contributed by atoms with Crippen LogP contribution < -0.4 is 10.1 Å². The molecule has 3 aromatic carbocycles. The number of hydrogen-bond donors (Lipinski definition) is 1. The minimum atomic E-state index is -0.364. The first-order chi connectivity index (χ1) is 16.8. The van der Waals surface area contributed by atoms with Gasteiger partial charge in [0.15, 0.2) is 6.61 Å². The first-order valence-corrected chi connectivity index (χ1v) is 12.1. The van der Waals surface area contributed by atoms with Crippen LogP contribution in [0.25, 0.3) is 6.08 Å². The van der Waals surface area contributed by atoms with Crippen LogP contribution in [-0.4, -0.2) is 28.6 Å². The first kappa shape index (κ1) is 24.9. The number of amides is 3. The van der Waals surface area contributed by atoms with Crippen LogP contribution in [0.1, 0.15) is 16.7 Å². The lowest BCUT2D eigenvalue weighted by atomic mass is 10.2. The van der Waals surface area contributed by atoms with E-state index in [0.29, 0.717) is 32.0 Å². The number of halogens is 2. The van der Waals surface area contributed by atoms with Crippen molar-refractivity contribution in [2.45, 2.75) is 13.5 Å². The van der Waals surface area contributed by atoms with Gasteiger partial charge in [-0.3, -0.25) is 19.3 Å². The summed E-state index contributed by atoms with van der Waals surface area (Å²) >= 11 is 12.9. The Morgan fingerprint density at radius 3 is 2.57 bits per heavy atom. The Labute approximate surface area is 216 Å². The van der Waals surface area contributed by atoms with Gasteiger partial charge >= 0.3 is 0 Å². The molecule has 1 N–H and O–H groups in total. The number of nitrogens with zero attached hydrogens (tertiary/aromatic N) is 1. The maximum absolute atomic E-state index is 12.8. The standard InChI is InChI=1S/C26H20Cl2N2O4S/c1-16-5-10-20(13-22(16)28)29-24(31)15-34-21-4-2-3-18(11-21)12-23-25(32)30(26(33)35-23)14-17-6-8-19(27)9-7-17/h2-13H,14-15H2,1H3,(H,29,31)/b23-12-. The highest BCUT2D eigenvalue weighted by atomic mass is 35.5. The van der Waals surface area contributed by atoms with Crippen LogP contribution in [0, 0.1) is 6.92 Å². The number of thioether (sulfide) groups is 1. The largest absolute Gasteiger partial charge is 0.484 e. The second-order valence-corrected chi connectivity index (χ2v) is 9.60. The number of ether oxygens (including phenoxy) is 1. The smallest absolute Gasteiger partial charge is 0.293 e. The number of rotatable bonds is 7. The van der Waals surface area contributed by atoms with Crippen LogP contribution in [0.4, 0.5) is 10.5 Å². The van der Waals surface area contributed by atoms with Crippen molar-refractivity contribution in [2.24, 2.45) is 0 Å². The Bertz CT molecular complexity index is 1330. The summed E-state index contributed by atoms with van der Waals surface area (Å²) in [5.74, 6) is -0.243. The Morgan fingerprint density at radius 2 is 1.83 bits per heavy atom. The summed E-state index contributed by atoms with van der Waals surface area (Å²) in [5, 5.41) is 3.55. The molecular weight excluding hydrogens is 507 g/mol. The van der Waals surface area contributed by atoms with Crippen molar-refractivity contribution in [2.75, 3.05) is 11.9 Å². The monoisotopic (exact) mass is 526 g/mol. The topological polar surface area (TPSA) is 75.7 Å². The number of nitrogens with one attached hydrogen (secondary N) is 1. The van der Waals surface area contributed by atoms with E-state index in [1.54, 1.807) is 66.7 Å². The number of benzene rings is 3. The van der Waals surface area contributed by atoms with Crippen molar-refractivity contribution >= 4 is 63.8 Å². The van der Waals surface area contributed by atoms with E-state index in [-0.39, 0.29) is 30.2 Å². The van der Waals surface area contributed by atoms with Gasteiger partial charge in [0.2, 0.25) is 0 Å². The van der Waals surface area contributed by atoms with Gasteiger partial charge < -0.3 is 10.1 Å². The molecule has 0 spiro atoms. The van der Waals surface area contributed by atoms with Gasteiger partial charge in [-0.1, -0.05) is 53.5 Å². The maximum atomic E-state index is 12.8. The third kappa shape index (κ3) is 6.45. The molecule has 0 radical (unpaired) electrons. The second kappa shape index (κ2) is 11.0. The van der Waals surface area contributed by atoms with E-state index in [9.17, 15) is 14.4 Å². The SMILES string of the molecule is Cc1ccc(NC(=O)COc2cccc(/C=C3\SC(=O)N(Cc4ccc(Cl)cc4)C3=O)c2)cc1Cl. The maximum Gasteiger partial charge on any atom is 0.293 e. The van der Waals surface area contributed by atoms with Crippen molar-refractivity contribution in [3.05, 3.63) is 98.4 Å². The van der Waals surface area contributed by atoms with E-state index in [0.717, 1.165) is 22.9 Å². The van der Waals surface area contributed by atoms with Gasteiger partial charge in [-0.2, -0.15) is 0 Å². The van der Waals surface area contributed by atoms with E-state index in [1.165, 1.54) is 4.90 Å². The molecule has 1 fully saturated rings. The third-order valence-electron chi connectivity index (χ3n) is 5.11. The van der Waals surface area contributed by atoms with E-state index in [1.807, 2.05) is 13.0 Å². The number of hydrogen-bond acceptors (Lipinski definition) is 5. The molecular formula is C26H20Cl2N2O4S. The minimum absolute atomic E-state index is 0.170. The van der Waals surface area contributed by atoms with Crippen LogP contribution in [0.15, 0.2) is 71.6 Å². The van der Waals surface area contributed by atoms with Crippen molar-refractivity contribution < 1.29 is 19.1 Å². The fourth-order valence-electron chi connectivity index (χ4n) is 3.27. The molecule has 1 saturated heterocycles. The first-order valence-electron chi connectivity index (χ1n) is 10.6.